The van der Waals surface area contributed by atoms with E-state index in [4.69, 9.17) is 9.47 Å². The Bertz CT molecular complexity index is 781. The van der Waals surface area contributed by atoms with Crippen LogP contribution >= 0.6 is 0 Å². The normalized spacial score (nSPS) is 32.6. The largest absolute Gasteiger partial charge is 0.504 e. The summed E-state index contributed by atoms with van der Waals surface area (Å²) in [5.74, 6) is 1.79. The van der Waals surface area contributed by atoms with Gasteiger partial charge in [0, 0.05) is 18.2 Å². The Hall–Kier alpha value is -1.94. The molecule has 1 N–H and O–H groups in total. The van der Waals surface area contributed by atoms with Gasteiger partial charge in [0.1, 0.15) is 5.76 Å². The molecule has 0 amide bonds. The number of nitrogens with zero attached hydrogens (tertiary/aromatic N) is 1. The van der Waals surface area contributed by atoms with E-state index in [2.05, 4.69) is 30.0 Å². The van der Waals surface area contributed by atoms with Crippen LogP contribution in [0.15, 0.2) is 35.6 Å². The zero-order valence-electron chi connectivity index (χ0n) is 14.2. The highest BCUT2D eigenvalue weighted by Gasteiger charge is 2.62. The maximum atomic E-state index is 10.4. The van der Waals surface area contributed by atoms with Crippen LogP contribution in [0.5, 0.6) is 11.5 Å². The summed E-state index contributed by atoms with van der Waals surface area (Å²) in [5, 5.41) is 10.4. The van der Waals surface area contributed by atoms with Crippen molar-refractivity contribution in [2.45, 2.75) is 43.7 Å². The van der Waals surface area contributed by atoms with Gasteiger partial charge in [0.15, 0.2) is 17.6 Å². The van der Waals surface area contributed by atoms with E-state index in [9.17, 15) is 5.11 Å². The van der Waals surface area contributed by atoms with Gasteiger partial charge in [-0.15, -0.1) is 0 Å². The molecule has 0 unspecified atom stereocenters. The fraction of sp³-hybridized carbons (Fsp3) is 0.500. The zero-order valence-corrected chi connectivity index (χ0v) is 14.2. The van der Waals surface area contributed by atoms with Crippen molar-refractivity contribution in [2.24, 2.45) is 0 Å². The third-order valence-electron chi connectivity index (χ3n) is 6.31. The van der Waals surface area contributed by atoms with Crippen molar-refractivity contribution in [3.05, 3.63) is 46.7 Å². The molecule has 4 heteroatoms. The molecule has 4 aliphatic rings. The fourth-order valence-corrected chi connectivity index (χ4v) is 5.40. The van der Waals surface area contributed by atoms with E-state index in [1.54, 1.807) is 13.2 Å². The summed E-state index contributed by atoms with van der Waals surface area (Å²) < 4.78 is 12.0. The molecular weight excluding hydrogens is 302 g/mol. The van der Waals surface area contributed by atoms with Crippen molar-refractivity contribution in [3.63, 3.8) is 0 Å². The van der Waals surface area contributed by atoms with Crippen LogP contribution in [0, 0.1) is 0 Å². The monoisotopic (exact) mass is 325 g/mol. The van der Waals surface area contributed by atoms with Crippen molar-refractivity contribution < 1.29 is 14.6 Å². The predicted octanol–water partition coefficient (Wildman–Crippen LogP) is 2.90. The summed E-state index contributed by atoms with van der Waals surface area (Å²) in [6.45, 7) is 4.45. The summed E-state index contributed by atoms with van der Waals surface area (Å²) in [4.78, 5) is 2.62. The number of benzene rings is 1. The molecule has 2 heterocycles. The molecule has 1 aromatic rings. The molecule has 0 radical (unpaired) electrons. The van der Waals surface area contributed by atoms with Gasteiger partial charge in [-0.25, -0.2) is 0 Å². The average Bonchev–Trinajstić information content (AvgIpc) is 2.94. The number of piperidine rings is 1. The Morgan fingerprint density at radius 2 is 2.25 bits per heavy atom. The SMILES string of the molecule is CCCN1CC[C@@]23C4=CC=C(OC)[C@@H]2Oc2c(O)ccc(c23)C[C@H]41. The van der Waals surface area contributed by atoms with E-state index in [1.165, 1.54) is 23.1 Å². The Morgan fingerprint density at radius 1 is 1.38 bits per heavy atom. The molecule has 1 saturated heterocycles. The first-order chi connectivity index (χ1) is 11.7. The van der Waals surface area contributed by atoms with E-state index >= 15 is 0 Å². The van der Waals surface area contributed by atoms with Crippen LogP contribution < -0.4 is 4.74 Å². The Kier molecular flexibility index (Phi) is 2.88. The van der Waals surface area contributed by atoms with Crippen molar-refractivity contribution >= 4 is 0 Å². The Morgan fingerprint density at radius 3 is 3.04 bits per heavy atom. The molecule has 1 fully saturated rings. The highest BCUT2D eigenvalue weighted by Crippen LogP contribution is 2.62. The fourth-order valence-electron chi connectivity index (χ4n) is 5.40. The van der Waals surface area contributed by atoms with Crippen molar-refractivity contribution in [3.8, 4) is 11.5 Å². The first-order valence-corrected chi connectivity index (χ1v) is 8.93. The lowest BCUT2D eigenvalue weighted by atomic mass is 9.57. The Labute approximate surface area is 142 Å². The highest BCUT2D eigenvalue weighted by atomic mass is 16.5. The first-order valence-electron chi connectivity index (χ1n) is 8.93. The highest BCUT2D eigenvalue weighted by molar-refractivity contribution is 5.67. The summed E-state index contributed by atoms with van der Waals surface area (Å²) in [6, 6.07) is 4.31. The van der Waals surface area contributed by atoms with Crippen molar-refractivity contribution in [1.82, 2.24) is 4.90 Å². The summed E-state index contributed by atoms with van der Waals surface area (Å²) in [6.07, 6.45) is 7.37. The van der Waals surface area contributed by atoms with Crippen LogP contribution in [-0.2, 0) is 16.6 Å². The summed E-state index contributed by atoms with van der Waals surface area (Å²) in [7, 11) is 1.71. The minimum Gasteiger partial charge on any atom is -0.504 e. The molecule has 0 aromatic heterocycles. The number of phenolic OH excluding ortho intramolecular Hbond substituents is 1. The van der Waals surface area contributed by atoms with Gasteiger partial charge in [-0.1, -0.05) is 19.1 Å². The number of aromatic hydroxyl groups is 1. The van der Waals surface area contributed by atoms with Crippen LogP contribution in [0.1, 0.15) is 30.9 Å². The third kappa shape index (κ3) is 1.53. The molecule has 126 valence electrons. The number of methoxy groups -OCH3 is 1. The van der Waals surface area contributed by atoms with E-state index < -0.39 is 0 Å². The van der Waals surface area contributed by atoms with Crippen molar-refractivity contribution in [1.29, 1.82) is 0 Å². The van der Waals surface area contributed by atoms with Gasteiger partial charge in [0.2, 0.25) is 0 Å². The van der Waals surface area contributed by atoms with Gasteiger partial charge < -0.3 is 14.6 Å². The molecule has 1 spiro atoms. The number of likely N-dealkylation sites (tertiary alicyclic amines) is 1. The van der Waals surface area contributed by atoms with Crippen LogP contribution in [0.2, 0.25) is 0 Å². The summed E-state index contributed by atoms with van der Waals surface area (Å²) in [5.41, 5.74) is 3.83. The Balaban J connectivity index is 1.77. The second-order valence-electron chi connectivity index (χ2n) is 7.32. The van der Waals surface area contributed by atoms with E-state index in [1.807, 2.05) is 0 Å². The molecular formula is C20H23NO3. The minimum atomic E-state index is -0.156. The van der Waals surface area contributed by atoms with Crippen LogP contribution in [-0.4, -0.2) is 42.4 Å². The van der Waals surface area contributed by atoms with Gasteiger partial charge in [0.25, 0.3) is 0 Å². The topological polar surface area (TPSA) is 41.9 Å². The molecule has 5 rings (SSSR count). The average molecular weight is 325 g/mol. The van der Waals surface area contributed by atoms with E-state index in [0.29, 0.717) is 11.8 Å². The van der Waals surface area contributed by atoms with Crippen LogP contribution in [0.3, 0.4) is 0 Å². The summed E-state index contributed by atoms with van der Waals surface area (Å²) >= 11 is 0. The third-order valence-corrected chi connectivity index (χ3v) is 6.31. The van der Waals surface area contributed by atoms with Gasteiger partial charge in [-0.2, -0.15) is 0 Å². The molecule has 3 atom stereocenters. The lowest BCUT2D eigenvalue weighted by Crippen LogP contribution is -2.59. The molecule has 2 bridgehead atoms. The number of rotatable bonds is 3. The number of allylic oxidation sites excluding steroid dienone is 2. The van der Waals surface area contributed by atoms with Gasteiger partial charge in [0.05, 0.1) is 12.5 Å². The van der Waals surface area contributed by atoms with Crippen LogP contribution in [0.25, 0.3) is 0 Å². The second-order valence-corrected chi connectivity index (χ2v) is 7.32. The lowest BCUT2D eigenvalue weighted by Gasteiger charge is -2.53. The van der Waals surface area contributed by atoms with Crippen molar-refractivity contribution in [2.75, 3.05) is 20.2 Å². The van der Waals surface area contributed by atoms with Gasteiger partial charge in [-0.05, 0) is 49.1 Å². The van der Waals surface area contributed by atoms with Gasteiger partial charge in [-0.3, -0.25) is 4.90 Å². The molecule has 2 aliphatic heterocycles. The maximum Gasteiger partial charge on any atom is 0.169 e. The molecule has 24 heavy (non-hydrogen) atoms. The van der Waals surface area contributed by atoms with E-state index in [0.717, 1.165) is 31.7 Å². The maximum absolute atomic E-state index is 10.4. The quantitative estimate of drug-likeness (QED) is 0.928. The number of ether oxygens (including phenoxy) is 2. The standard InChI is InChI=1S/C20H23NO3/c1-3-9-21-10-8-20-13-5-7-16(23-2)19(20)24-18-15(22)6-4-12(17(18)20)11-14(13)21/h4-7,14,19,22H,3,8-11H2,1-2H3/t14-,19+,20+/m1/s1. The van der Waals surface area contributed by atoms with Crippen LogP contribution in [0.4, 0.5) is 0 Å². The zero-order chi connectivity index (χ0) is 16.5. The first kappa shape index (κ1) is 14.4. The lowest BCUT2D eigenvalue weighted by molar-refractivity contribution is 0.0643. The number of hydrogen-bond acceptors (Lipinski definition) is 4. The van der Waals surface area contributed by atoms with E-state index in [-0.39, 0.29) is 17.3 Å². The molecule has 2 aliphatic carbocycles. The predicted molar refractivity (Wildman–Crippen MR) is 91.3 cm³/mol. The molecule has 4 nitrogen and oxygen atoms in total. The molecule has 0 saturated carbocycles. The minimum absolute atomic E-state index is 0.142. The second kappa shape index (κ2) is 4.79. The van der Waals surface area contributed by atoms with Gasteiger partial charge >= 0.3 is 0 Å². The smallest absolute Gasteiger partial charge is 0.169 e. The molecule has 1 aromatic carbocycles. The number of phenols is 1. The number of hydrogen-bond donors (Lipinski definition) is 1.